The summed E-state index contributed by atoms with van der Waals surface area (Å²) in [5.74, 6) is 5.65. The number of nitrogens with zero attached hydrogens (tertiary/aromatic N) is 3. The van der Waals surface area contributed by atoms with Gasteiger partial charge in [0.15, 0.2) is 5.82 Å². The number of aromatic nitrogens is 3. The first-order chi connectivity index (χ1) is 12.5. The van der Waals surface area contributed by atoms with Gasteiger partial charge in [-0.3, -0.25) is 4.79 Å². The molecule has 0 radical (unpaired) electrons. The van der Waals surface area contributed by atoms with Crippen molar-refractivity contribution in [1.29, 1.82) is 0 Å². The van der Waals surface area contributed by atoms with Gasteiger partial charge >= 0.3 is 0 Å². The smallest absolute Gasteiger partial charge is 0.234 e. The summed E-state index contributed by atoms with van der Waals surface area (Å²) in [7, 11) is 0. The lowest BCUT2D eigenvalue weighted by Gasteiger charge is -2.07. The summed E-state index contributed by atoms with van der Waals surface area (Å²) < 4.78 is 15.1. The lowest BCUT2D eigenvalue weighted by molar-refractivity contribution is -0.113. The van der Waals surface area contributed by atoms with Gasteiger partial charge in [0.1, 0.15) is 5.82 Å². The zero-order valence-corrected chi connectivity index (χ0v) is 15.2. The van der Waals surface area contributed by atoms with Gasteiger partial charge in [-0.15, -0.1) is 10.2 Å². The second-order valence-corrected chi connectivity index (χ2v) is 6.73. The molecular weight excluding hydrogens is 353 g/mol. The van der Waals surface area contributed by atoms with E-state index in [1.165, 1.54) is 10.7 Å². The minimum atomic E-state index is -0.435. The zero-order valence-electron chi connectivity index (χ0n) is 14.4. The highest BCUT2D eigenvalue weighted by Crippen LogP contribution is 2.24. The first kappa shape index (κ1) is 17.9. The van der Waals surface area contributed by atoms with Crippen molar-refractivity contribution in [3.05, 3.63) is 59.4 Å². The van der Waals surface area contributed by atoms with Gasteiger partial charge in [-0.05, 0) is 49.2 Å². The van der Waals surface area contributed by atoms with Gasteiger partial charge in [-0.1, -0.05) is 30.0 Å². The lowest BCUT2D eigenvalue weighted by Crippen LogP contribution is -2.16. The molecule has 0 aliphatic carbocycles. The lowest BCUT2D eigenvalue weighted by atomic mass is 10.1. The van der Waals surface area contributed by atoms with Crippen molar-refractivity contribution in [3.63, 3.8) is 0 Å². The first-order valence-corrected chi connectivity index (χ1v) is 8.89. The van der Waals surface area contributed by atoms with Crippen LogP contribution in [0.2, 0.25) is 0 Å². The maximum atomic E-state index is 13.9. The third kappa shape index (κ3) is 3.85. The molecule has 0 unspecified atom stereocenters. The molecule has 8 heteroatoms. The van der Waals surface area contributed by atoms with Gasteiger partial charge < -0.3 is 11.2 Å². The number of hydrogen-bond donors (Lipinski definition) is 2. The minimum absolute atomic E-state index is 0.111. The Morgan fingerprint density at radius 3 is 2.69 bits per heavy atom. The molecule has 1 heterocycles. The molecule has 2 aromatic carbocycles. The molecule has 0 saturated carbocycles. The average molecular weight is 371 g/mol. The Labute approximate surface area is 154 Å². The predicted octanol–water partition coefficient (Wildman–Crippen LogP) is 3.15. The van der Waals surface area contributed by atoms with Crippen molar-refractivity contribution in [2.45, 2.75) is 19.0 Å². The molecule has 3 aromatic rings. The van der Waals surface area contributed by atoms with Crippen molar-refractivity contribution in [2.24, 2.45) is 0 Å². The molecule has 0 saturated heterocycles. The van der Waals surface area contributed by atoms with Crippen LogP contribution < -0.4 is 11.2 Å². The summed E-state index contributed by atoms with van der Waals surface area (Å²) in [6, 6.07) is 11.9. The molecule has 3 N–H and O–H groups in total. The summed E-state index contributed by atoms with van der Waals surface area (Å²) in [5.41, 5.74) is 3.26. The molecule has 26 heavy (non-hydrogen) atoms. The highest BCUT2D eigenvalue weighted by Gasteiger charge is 2.16. The van der Waals surface area contributed by atoms with E-state index in [2.05, 4.69) is 15.5 Å². The number of halogens is 1. The van der Waals surface area contributed by atoms with Crippen LogP contribution in [0.4, 0.5) is 10.1 Å². The predicted molar refractivity (Wildman–Crippen MR) is 101 cm³/mol. The van der Waals surface area contributed by atoms with Crippen LogP contribution >= 0.6 is 11.8 Å². The average Bonchev–Trinajstić information content (AvgIpc) is 2.97. The largest absolute Gasteiger partial charge is 0.335 e. The summed E-state index contributed by atoms with van der Waals surface area (Å²) >= 11 is 1.13. The normalized spacial score (nSPS) is 10.7. The third-order valence-electron chi connectivity index (χ3n) is 3.90. The van der Waals surface area contributed by atoms with E-state index in [1.807, 2.05) is 32.0 Å². The van der Waals surface area contributed by atoms with E-state index in [1.54, 1.807) is 18.2 Å². The van der Waals surface area contributed by atoms with Crippen LogP contribution in [0.5, 0.6) is 0 Å². The highest BCUT2D eigenvalue weighted by molar-refractivity contribution is 7.99. The number of thioether (sulfide) groups is 1. The fourth-order valence-corrected chi connectivity index (χ4v) is 3.00. The number of aryl methyl sites for hydroxylation is 2. The molecule has 0 spiro atoms. The van der Waals surface area contributed by atoms with Crippen molar-refractivity contribution in [2.75, 3.05) is 16.9 Å². The molecule has 0 aliphatic heterocycles. The van der Waals surface area contributed by atoms with E-state index < -0.39 is 5.82 Å². The molecule has 0 bridgehead atoms. The summed E-state index contributed by atoms with van der Waals surface area (Å²) in [5, 5.41) is 11.0. The number of nitrogens with two attached hydrogens (primary N) is 1. The van der Waals surface area contributed by atoms with E-state index in [9.17, 15) is 9.18 Å². The Bertz CT molecular complexity index is 957. The van der Waals surface area contributed by atoms with Crippen LogP contribution in [-0.4, -0.2) is 26.5 Å². The van der Waals surface area contributed by atoms with E-state index in [0.29, 0.717) is 5.16 Å². The van der Waals surface area contributed by atoms with Gasteiger partial charge in [0, 0.05) is 5.69 Å². The molecule has 1 amide bonds. The Hall–Kier alpha value is -2.87. The van der Waals surface area contributed by atoms with Crippen LogP contribution in [-0.2, 0) is 4.79 Å². The van der Waals surface area contributed by atoms with Crippen LogP contribution in [0, 0.1) is 19.7 Å². The number of nitrogens with one attached hydrogen (secondary N) is 1. The molecule has 1 aromatic heterocycles. The monoisotopic (exact) mass is 371 g/mol. The molecule has 0 aliphatic rings. The maximum Gasteiger partial charge on any atom is 0.234 e. The summed E-state index contributed by atoms with van der Waals surface area (Å²) in [6.07, 6.45) is 0. The number of nitrogen functional groups attached to an aromatic ring is 1. The van der Waals surface area contributed by atoms with Crippen LogP contribution in [0.3, 0.4) is 0 Å². The Morgan fingerprint density at radius 2 is 1.96 bits per heavy atom. The van der Waals surface area contributed by atoms with Gasteiger partial charge in [-0.2, -0.15) is 0 Å². The van der Waals surface area contributed by atoms with E-state index in [4.69, 9.17) is 5.84 Å². The topological polar surface area (TPSA) is 85.8 Å². The van der Waals surface area contributed by atoms with E-state index in [-0.39, 0.29) is 23.0 Å². The van der Waals surface area contributed by atoms with Crippen molar-refractivity contribution in [3.8, 4) is 11.4 Å². The fourth-order valence-electron chi connectivity index (χ4n) is 2.35. The molecule has 0 fully saturated rings. The SMILES string of the molecule is Cc1ccc(NC(=O)CSc2nnc(-c3ccccc3F)n2N)cc1C. The quantitative estimate of drug-likeness (QED) is 0.532. The van der Waals surface area contributed by atoms with Gasteiger partial charge in [0.25, 0.3) is 0 Å². The van der Waals surface area contributed by atoms with E-state index >= 15 is 0 Å². The van der Waals surface area contributed by atoms with E-state index in [0.717, 1.165) is 28.6 Å². The second-order valence-electron chi connectivity index (χ2n) is 5.79. The standard InChI is InChI=1S/C18H18FN5OS/c1-11-7-8-13(9-12(11)2)21-16(25)10-26-18-23-22-17(24(18)20)14-5-3-4-6-15(14)19/h3-9H,10,20H2,1-2H3,(H,21,25). The number of carbonyl (C=O) groups is 1. The Balaban J connectivity index is 1.66. The third-order valence-corrected chi connectivity index (χ3v) is 4.85. The van der Waals surface area contributed by atoms with Crippen LogP contribution in [0.25, 0.3) is 11.4 Å². The number of hydrogen-bond acceptors (Lipinski definition) is 5. The Morgan fingerprint density at radius 1 is 1.19 bits per heavy atom. The maximum absolute atomic E-state index is 13.9. The van der Waals surface area contributed by atoms with Crippen LogP contribution in [0.15, 0.2) is 47.6 Å². The molecule has 134 valence electrons. The fraction of sp³-hybridized carbons (Fsp3) is 0.167. The molecule has 6 nitrogen and oxygen atoms in total. The summed E-state index contributed by atoms with van der Waals surface area (Å²) in [6.45, 7) is 4.00. The second kappa shape index (κ2) is 7.57. The van der Waals surface area contributed by atoms with Crippen molar-refractivity contribution < 1.29 is 9.18 Å². The minimum Gasteiger partial charge on any atom is -0.335 e. The number of anilines is 1. The van der Waals surface area contributed by atoms with Gasteiger partial charge in [0.05, 0.1) is 11.3 Å². The number of amides is 1. The van der Waals surface area contributed by atoms with Gasteiger partial charge in [0.2, 0.25) is 11.1 Å². The first-order valence-electron chi connectivity index (χ1n) is 7.91. The zero-order chi connectivity index (χ0) is 18.7. The highest BCUT2D eigenvalue weighted by atomic mass is 32.2. The van der Waals surface area contributed by atoms with Crippen molar-refractivity contribution in [1.82, 2.24) is 14.9 Å². The Kier molecular flexibility index (Phi) is 5.22. The number of carbonyl (C=O) groups excluding carboxylic acids is 1. The van der Waals surface area contributed by atoms with Gasteiger partial charge in [-0.25, -0.2) is 9.07 Å². The number of rotatable bonds is 5. The van der Waals surface area contributed by atoms with Crippen molar-refractivity contribution >= 4 is 23.4 Å². The van der Waals surface area contributed by atoms with Crippen LogP contribution in [0.1, 0.15) is 11.1 Å². The molecule has 0 atom stereocenters. The molecule has 3 rings (SSSR count). The molecular formula is C18H18FN5OS. The number of benzene rings is 2. The summed E-state index contributed by atoms with van der Waals surface area (Å²) in [4.78, 5) is 12.1.